The quantitative estimate of drug-likeness (QED) is 0.454. The van der Waals surface area contributed by atoms with Gasteiger partial charge in [0.1, 0.15) is 0 Å². The van der Waals surface area contributed by atoms with E-state index in [0.29, 0.717) is 18.2 Å². The van der Waals surface area contributed by atoms with E-state index in [1.807, 2.05) is 30.9 Å². The average Bonchev–Trinajstić information content (AvgIpc) is 3.27. The van der Waals surface area contributed by atoms with Crippen LogP contribution in [0.25, 0.3) is 0 Å². The van der Waals surface area contributed by atoms with Crippen LogP contribution in [0.4, 0.5) is 0 Å². The molecule has 2 aromatic carbocycles. The maximum Gasteiger partial charge on any atom is 0.338 e. The van der Waals surface area contributed by atoms with E-state index in [1.54, 1.807) is 19.1 Å². The molecule has 0 aliphatic heterocycles. The minimum absolute atomic E-state index is 0.116. The minimum Gasteiger partial charge on any atom is -0.462 e. The second-order valence-electron chi connectivity index (χ2n) is 8.30. The van der Waals surface area contributed by atoms with E-state index < -0.39 is 0 Å². The number of imidazole rings is 1. The van der Waals surface area contributed by atoms with Gasteiger partial charge in [-0.25, -0.2) is 9.78 Å². The van der Waals surface area contributed by atoms with Gasteiger partial charge in [-0.3, -0.25) is 0 Å². The van der Waals surface area contributed by atoms with Crippen LogP contribution in [0, 0.1) is 11.8 Å². The van der Waals surface area contributed by atoms with Crippen molar-refractivity contribution in [2.24, 2.45) is 0 Å². The lowest BCUT2D eigenvalue weighted by Crippen LogP contribution is -2.28. The summed E-state index contributed by atoms with van der Waals surface area (Å²) in [5, 5.41) is 0. The van der Waals surface area contributed by atoms with Gasteiger partial charge in [-0.15, -0.1) is 0 Å². The van der Waals surface area contributed by atoms with Crippen LogP contribution < -0.4 is 0 Å². The first-order valence-corrected chi connectivity index (χ1v) is 10.4. The zero-order valence-corrected chi connectivity index (χ0v) is 17.7. The number of benzene rings is 2. The van der Waals surface area contributed by atoms with Crippen LogP contribution in [0.2, 0.25) is 0 Å². The second-order valence-corrected chi connectivity index (χ2v) is 8.30. The Morgan fingerprint density at radius 1 is 1.17 bits per heavy atom. The lowest BCUT2D eigenvalue weighted by molar-refractivity contribution is 0.0526. The van der Waals surface area contributed by atoms with Gasteiger partial charge in [0.25, 0.3) is 0 Å². The molecule has 0 amide bonds. The molecule has 0 saturated carbocycles. The normalized spacial score (nSPS) is 16.8. The summed E-state index contributed by atoms with van der Waals surface area (Å²) in [5.74, 6) is 6.20. The Labute approximate surface area is 177 Å². The fraction of sp³-hybridized carbons (Fsp3) is 0.308. The number of hydrogen-bond donors (Lipinski definition) is 0. The zero-order chi connectivity index (χ0) is 21.1. The number of carbonyl (C=O) groups is 1. The predicted octanol–water partition coefficient (Wildman–Crippen LogP) is 5.12. The molecule has 0 fully saturated rings. The molecule has 4 nitrogen and oxygen atoms in total. The van der Waals surface area contributed by atoms with Crippen molar-refractivity contribution in [3.63, 3.8) is 0 Å². The number of aromatic nitrogens is 2. The molecular weight excluding hydrogens is 372 g/mol. The van der Waals surface area contributed by atoms with Gasteiger partial charge in [-0.05, 0) is 72.7 Å². The molecular formula is C26H26N2O2. The summed E-state index contributed by atoms with van der Waals surface area (Å²) in [4.78, 5) is 16.0. The van der Waals surface area contributed by atoms with E-state index in [9.17, 15) is 4.79 Å². The van der Waals surface area contributed by atoms with Crippen LogP contribution in [-0.2, 0) is 10.2 Å². The summed E-state index contributed by atoms with van der Waals surface area (Å²) in [5.41, 5.74) is 5.25. The van der Waals surface area contributed by atoms with Crippen LogP contribution in [0.3, 0.4) is 0 Å². The van der Waals surface area contributed by atoms with E-state index in [1.165, 1.54) is 11.1 Å². The molecule has 4 heteroatoms. The summed E-state index contributed by atoms with van der Waals surface area (Å²) < 4.78 is 7.22. The lowest BCUT2D eigenvalue weighted by atomic mass is 9.70. The Bertz CT molecular complexity index is 1100. The summed E-state index contributed by atoms with van der Waals surface area (Å²) in [6, 6.07) is 14.1. The predicted molar refractivity (Wildman–Crippen MR) is 117 cm³/mol. The van der Waals surface area contributed by atoms with Crippen LogP contribution in [0.1, 0.15) is 72.3 Å². The SMILES string of the molecule is CCOC(=O)c1ccc(C#Cc2ccc3c(c2)C(C)(C)CCC3n2ccnc2)cc1. The molecule has 1 aromatic heterocycles. The lowest BCUT2D eigenvalue weighted by Gasteiger charge is -2.37. The van der Waals surface area contributed by atoms with E-state index >= 15 is 0 Å². The van der Waals surface area contributed by atoms with E-state index in [-0.39, 0.29) is 11.4 Å². The number of carbonyl (C=O) groups excluding carboxylic acids is 1. The van der Waals surface area contributed by atoms with Gasteiger partial charge in [-0.2, -0.15) is 0 Å². The number of esters is 1. The zero-order valence-electron chi connectivity index (χ0n) is 17.7. The van der Waals surface area contributed by atoms with E-state index in [4.69, 9.17) is 4.74 Å². The smallest absolute Gasteiger partial charge is 0.338 e. The molecule has 1 aliphatic carbocycles. The third kappa shape index (κ3) is 4.02. The van der Waals surface area contributed by atoms with Gasteiger partial charge in [-0.1, -0.05) is 31.8 Å². The average molecular weight is 399 g/mol. The molecule has 1 aliphatic rings. The van der Waals surface area contributed by atoms with Crippen molar-refractivity contribution in [1.82, 2.24) is 9.55 Å². The summed E-state index contributed by atoms with van der Waals surface area (Å²) in [6.45, 7) is 6.79. The molecule has 0 radical (unpaired) electrons. The van der Waals surface area contributed by atoms with Gasteiger partial charge in [0.05, 0.1) is 24.5 Å². The molecule has 1 unspecified atom stereocenters. The third-order valence-corrected chi connectivity index (χ3v) is 5.82. The van der Waals surface area contributed by atoms with Gasteiger partial charge >= 0.3 is 5.97 Å². The van der Waals surface area contributed by atoms with Crippen molar-refractivity contribution in [3.8, 4) is 11.8 Å². The number of fused-ring (bicyclic) bond motifs is 1. The molecule has 0 saturated heterocycles. The van der Waals surface area contributed by atoms with Crippen LogP contribution in [0.15, 0.2) is 61.2 Å². The molecule has 0 bridgehead atoms. The first-order valence-electron chi connectivity index (χ1n) is 10.4. The molecule has 0 spiro atoms. The highest BCUT2D eigenvalue weighted by atomic mass is 16.5. The minimum atomic E-state index is -0.304. The summed E-state index contributed by atoms with van der Waals surface area (Å²) in [6.07, 6.45) is 8.01. The maximum absolute atomic E-state index is 11.8. The van der Waals surface area contributed by atoms with E-state index in [2.05, 4.69) is 53.4 Å². The first kappa shape index (κ1) is 20.0. The van der Waals surface area contributed by atoms with Crippen LogP contribution in [-0.4, -0.2) is 22.1 Å². The molecule has 0 N–H and O–H groups in total. The van der Waals surface area contributed by atoms with Crippen molar-refractivity contribution in [2.45, 2.75) is 45.1 Å². The molecule has 1 atom stereocenters. The van der Waals surface area contributed by atoms with Gasteiger partial charge < -0.3 is 9.30 Å². The summed E-state index contributed by atoms with van der Waals surface area (Å²) >= 11 is 0. The molecule has 152 valence electrons. The highest BCUT2D eigenvalue weighted by Crippen LogP contribution is 2.43. The summed E-state index contributed by atoms with van der Waals surface area (Å²) in [7, 11) is 0. The second kappa shape index (κ2) is 8.20. The van der Waals surface area contributed by atoms with Gasteiger partial charge in [0, 0.05) is 23.5 Å². The van der Waals surface area contributed by atoms with Gasteiger partial charge in [0.2, 0.25) is 0 Å². The van der Waals surface area contributed by atoms with Gasteiger partial charge in [0.15, 0.2) is 0 Å². The Balaban J connectivity index is 1.61. The Morgan fingerprint density at radius 2 is 1.90 bits per heavy atom. The number of ether oxygens (including phenoxy) is 1. The standard InChI is InChI=1S/C26H26N2O2/c1-4-30-25(29)21-10-7-19(8-11-21)5-6-20-9-12-22-23(17-20)26(2,3)14-13-24(22)28-16-15-27-18-28/h7-12,15-18,24H,4,13-14H2,1-3H3. The van der Waals surface area contributed by atoms with Crippen LogP contribution >= 0.6 is 0 Å². The number of hydrogen-bond acceptors (Lipinski definition) is 3. The highest BCUT2D eigenvalue weighted by molar-refractivity contribution is 5.89. The largest absolute Gasteiger partial charge is 0.462 e. The van der Waals surface area contributed by atoms with Crippen LogP contribution in [0.5, 0.6) is 0 Å². The molecule has 4 rings (SSSR count). The first-order chi connectivity index (χ1) is 14.5. The Morgan fingerprint density at radius 3 is 2.60 bits per heavy atom. The monoisotopic (exact) mass is 398 g/mol. The Hall–Kier alpha value is -3.32. The van der Waals surface area contributed by atoms with Crippen molar-refractivity contribution < 1.29 is 9.53 Å². The van der Waals surface area contributed by atoms with Crippen molar-refractivity contribution >= 4 is 5.97 Å². The van der Waals surface area contributed by atoms with Crippen molar-refractivity contribution in [2.75, 3.05) is 6.61 Å². The topological polar surface area (TPSA) is 44.1 Å². The van der Waals surface area contributed by atoms with Crippen molar-refractivity contribution in [3.05, 3.63) is 89.0 Å². The molecule has 3 aromatic rings. The fourth-order valence-electron chi connectivity index (χ4n) is 4.11. The highest BCUT2D eigenvalue weighted by Gasteiger charge is 2.33. The molecule has 1 heterocycles. The maximum atomic E-state index is 11.8. The number of rotatable bonds is 3. The Kier molecular flexibility index (Phi) is 5.46. The fourth-order valence-corrected chi connectivity index (χ4v) is 4.11. The van der Waals surface area contributed by atoms with Crippen molar-refractivity contribution in [1.29, 1.82) is 0 Å². The number of nitrogens with zero attached hydrogens (tertiary/aromatic N) is 2. The van der Waals surface area contributed by atoms with E-state index in [0.717, 1.165) is 24.0 Å². The molecule has 30 heavy (non-hydrogen) atoms. The third-order valence-electron chi connectivity index (χ3n) is 5.82.